The predicted molar refractivity (Wildman–Crippen MR) is 68.1 cm³/mol. The van der Waals surface area contributed by atoms with Crippen molar-refractivity contribution in [3.05, 3.63) is 0 Å². The van der Waals surface area contributed by atoms with Gasteiger partial charge in [0.2, 0.25) is 0 Å². The van der Waals surface area contributed by atoms with E-state index in [9.17, 15) is 0 Å². The van der Waals surface area contributed by atoms with Crippen molar-refractivity contribution in [3.63, 3.8) is 0 Å². The van der Waals surface area contributed by atoms with Crippen LogP contribution in [0.3, 0.4) is 0 Å². The molecule has 1 aliphatic heterocycles. The van der Waals surface area contributed by atoms with Crippen LogP contribution >= 0.6 is 0 Å². The van der Waals surface area contributed by atoms with Gasteiger partial charge < -0.3 is 16.4 Å². The first-order chi connectivity index (χ1) is 6.83. The van der Waals surface area contributed by atoms with Crippen molar-refractivity contribution in [3.8, 4) is 0 Å². The molecule has 1 heterocycles. The van der Waals surface area contributed by atoms with Crippen LogP contribution in [0.5, 0.6) is 0 Å². The van der Waals surface area contributed by atoms with E-state index in [4.69, 9.17) is 5.73 Å². The molecule has 4 N–H and O–H groups in total. The third-order valence-electron chi connectivity index (χ3n) is 2.37. The molecular weight excluding hydrogens is 186 g/mol. The topological polar surface area (TPSA) is 50.1 Å². The number of hydrogen-bond donors (Lipinski definition) is 3. The van der Waals surface area contributed by atoms with Gasteiger partial charge in [-0.2, -0.15) is 0 Å². The number of piperazine rings is 1. The molecule has 0 aromatic carbocycles. The minimum Gasteiger partial charge on any atom is -0.330 e. The molecule has 0 aromatic heterocycles. The van der Waals surface area contributed by atoms with Crippen molar-refractivity contribution in [1.29, 1.82) is 0 Å². The minimum atomic E-state index is 0.252. The Bertz CT molecular complexity index is 148. The molecule has 0 radical (unpaired) electrons. The van der Waals surface area contributed by atoms with Gasteiger partial charge in [-0.15, -0.1) is 0 Å². The molecule has 0 saturated carbocycles. The van der Waals surface area contributed by atoms with Crippen molar-refractivity contribution in [2.24, 2.45) is 5.73 Å². The summed E-state index contributed by atoms with van der Waals surface area (Å²) in [5.74, 6) is 0. The molecule has 3 nitrogen and oxygen atoms in total. The first kappa shape index (κ1) is 14.9. The van der Waals surface area contributed by atoms with Gasteiger partial charge in [-0.05, 0) is 40.7 Å². The molecule has 1 fully saturated rings. The molecule has 1 saturated heterocycles. The molecule has 0 spiro atoms. The van der Waals surface area contributed by atoms with E-state index in [0.717, 1.165) is 19.6 Å². The van der Waals surface area contributed by atoms with Crippen LogP contribution in [0.15, 0.2) is 0 Å². The summed E-state index contributed by atoms with van der Waals surface area (Å²) in [6.45, 7) is 14.0. The molecule has 0 unspecified atom stereocenters. The molecule has 92 valence electrons. The fraction of sp³-hybridized carbons (Fsp3) is 1.00. The van der Waals surface area contributed by atoms with E-state index in [-0.39, 0.29) is 11.1 Å². The molecule has 1 aliphatic rings. The summed E-state index contributed by atoms with van der Waals surface area (Å²) in [4.78, 5) is 0. The summed E-state index contributed by atoms with van der Waals surface area (Å²) < 4.78 is 0. The quantitative estimate of drug-likeness (QED) is 0.654. The Kier molecular flexibility index (Phi) is 6.41. The molecule has 0 aliphatic carbocycles. The normalized spacial score (nSPS) is 22.8. The van der Waals surface area contributed by atoms with Gasteiger partial charge in [0, 0.05) is 24.2 Å². The lowest BCUT2D eigenvalue weighted by Gasteiger charge is -2.42. The summed E-state index contributed by atoms with van der Waals surface area (Å²) in [5, 5.41) is 6.97. The zero-order valence-corrected chi connectivity index (χ0v) is 11.1. The minimum absolute atomic E-state index is 0.252. The lowest BCUT2D eigenvalue weighted by molar-refractivity contribution is 0.201. The Morgan fingerprint density at radius 1 is 1.07 bits per heavy atom. The number of rotatable bonds is 2. The number of unbranched alkanes of at least 4 members (excludes halogenated alkanes) is 1. The van der Waals surface area contributed by atoms with Gasteiger partial charge in [0.15, 0.2) is 0 Å². The average molecular weight is 215 g/mol. The summed E-state index contributed by atoms with van der Waals surface area (Å²) >= 11 is 0. The van der Waals surface area contributed by atoms with Crippen molar-refractivity contribution < 1.29 is 0 Å². The van der Waals surface area contributed by atoms with Crippen molar-refractivity contribution in [1.82, 2.24) is 10.6 Å². The molecule has 0 atom stereocenters. The number of nitrogens with one attached hydrogen (secondary N) is 2. The van der Waals surface area contributed by atoms with Crippen molar-refractivity contribution in [2.75, 3.05) is 19.6 Å². The Balaban J connectivity index is 0.000000336. The van der Waals surface area contributed by atoms with Crippen LogP contribution in [0.25, 0.3) is 0 Å². The van der Waals surface area contributed by atoms with Crippen LogP contribution in [0.2, 0.25) is 0 Å². The van der Waals surface area contributed by atoms with Crippen LogP contribution in [-0.2, 0) is 0 Å². The maximum Gasteiger partial charge on any atom is 0.0255 e. The molecule has 0 bridgehead atoms. The van der Waals surface area contributed by atoms with Crippen molar-refractivity contribution >= 4 is 0 Å². The van der Waals surface area contributed by atoms with E-state index in [1.807, 2.05) is 0 Å². The van der Waals surface area contributed by atoms with E-state index in [1.165, 1.54) is 12.8 Å². The highest BCUT2D eigenvalue weighted by molar-refractivity contribution is 4.95. The Morgan fingerprint density at radius 2 is 1.53 bits per heavy atom. The van der Waals surface area contributed by atoms with Gasteiger partial charge in [0.1, 0.15) is 0 Å². The molecule has 1 rings (SSSR count). The van der Waals surface area contributed by atoms with E-state index >= 15 is 0 Å². The third kappa shape index (κ3) is 7.77. The maximum absolute atomic E-state index is 5.14. The van der Waals surface area contributed by atoms with Crippen LogP contribution in [0.4, 0.5) is 0 Å². The zero-order valence-electron chi connectivity index (χ0n) is 11.1. The highest BCUT2D eigenvalue weighted by Gasteiger charge is 2.31. The SMILES string of the molecule is CC1(C)CNCC(C)(C)N1.CCCCN. The smallest absolute Gasteiger partial charge is 0.0255 e. The lowest BCUT2D eigenvalue weighted by atomic mass is 9.93. The van der Waals surface area contributed by atoms with Gasteiger partial charge in [0.25, 0.3) is 0 Å². The van der Waals surface area contributed by atoms with Gasteiger partial charge in [-0.3, -0.25) is 0 Å². The fourth-order valence-electron chi connectivity index (χ4n) is 1.90. The second-order valence-corrected chi connectivity index (χ2v) is 5.64. The molecule has 3 heteroatoms. The van der Waals surface area contributed by atoms with Gasteiger partial charge in [-0.1, -0.05) is 13.3 Å². The third-order valence-corrected chi connectivity index (χ3v) is 2.37. The summed E-state index contributed by atoms with van der Waals surface area (Å²) in [6.07, 6.45) is 2.39. The number of nitrogens with two attached hydrogens (primary N) is 1. The fourth-order valence-corrected chi connectivity index (χ4v) is 1.90. The lowest BCUT2D eigenvalue weighted by Crippen LogP contribution is -2.65. The van der Waals surface area contributed by atoms with Gasteiger partial charge in [-0.25, -0.2) is 0 Å². The first-order valence-corrected chi connectivity index (χ1v) is 6.03. The predicted octanol–water partition coefficient (Wildman–Crippen LogP) is 1.48. The monoisotopic (exact) mass is 215 g/mol. The van der Waals surface area contributed by atoms with Crippen LogP contribution in [0.1, 0.15) is 47.5 Å². The van der Waals surface area contributed by atoms with Crippen LogP contribution in [0, 0.1) is 0 Å². The second-order valence-electron chi connectivity index (χ2n) is 5.64. The number of hydrogen-bond acceptors (Lipinski definition) is 3. The van der Waals surface area contributed by atoms with Gasteiger partial charge >= 0.3 is 0 Å². The van der Waals surface area contributed by atoms with E-state index in [2.05, 4.69) is 45.3 Å². The molecule has 0 amide bonds. The summed E-state index contributed by atoms with van der Waals surface area (Å²) in [5.41, 5.74) is 5.64. The highest BCUT2D eigenvalue weighted by Crippen LogP contribution is 2.13. The van der Waals surface area contributed by atoms with Crippen LogP contribution < -0.4 is 16.4 Å². The maximum atomic E-state index is 5.14. The average Bonchev–Trinajstić information content (AvgIpc) is 2.01. The Labute approximate surface area is 95.2 Å². The Hall–Kier alpha value is -0.120. The van der Waals surface area contributed by atoms with E-state index in [1.54, 1.807) is 0 Å². The molecular formula is C12H29N3. The largest absolute Gasteiger partial charge is 0.330 e. The first-order valence-electron chi connectivity index (χ1n) is 6.03. The standard InChI is InChI=1S/C8H18N2.C4H11N/c1-7(2)5-9-6-8(3,4)10-7;1-2-3-4-5/h9-10H,5-6H2,1-4H3;2-5H2,1H3. The highest BCUT2D eigenvalue weighted by atomic mass is 15.1. The second kappa shape index (κ2) is 6.46. The molecule has 0 aromatic rings. The van der Waals surface area contributed by atoms with E-state index < -0.39 is 0 Å². The van der Waals surface area contributed by atoms with E-state index in [0.29, 0.717) is 0 Å². The molecule has 15 heavy (non-hydrogen) atoms. The summed E-state index contributed by atoms with van der Waals surface area (Å²) in [6, 6.07) is 0. The zero-order chi connectivity index (χ0) is 11.9. The summed E-state index contributed by atoms with van der Waals surface area (Å²) in [7, 11) is 0. The van der Waals surface area contributed by atoms with Crippen LogP contribution in [-0.4, -0.2) is 30.7 Å². The Morgan fingerprint density at radius 3 is 1.67 bits per heavy atom. The van der Waals surface area contributed by atoms with Gasteiger partial charge in [0.05, 0.1) is 0 Å². The van der Waals surface area contributed by atoms with Crippen molar-refractivity contribution in [2.45, 2.75) is 58.5 Å².